The van der Waals surface area contributed by atoms with Crippen LogP contribution in [0.25, 0.3) is 0 Å². The Morgan fingerprint density at radius 3 is 2.50 bits per heavy atom. The van der Waals surface area contributed by atoms with Crippen LogP contribution >= 0.6 is 0 Å². The zero-order chi connectivity index (χ0) is 13.1. The van der Waals surface area contributed by atoms with Crippen LogP contribution < -0.4 is 5.32 Å². The number of piperazine rings is 1. The van der Waals surface area contributed by atoms with Gasteiger partial charge in [-0.05, 0) is 37.0 Å². The molecular formula is C16H32N2. The zero-order valence-electron chi connectivity index (χ0n) is 12.8. The SMILES string of the molecule is CCC(C)CN1CC(CC(C)C)NCC1C1CC1. The van der Waals surface area contributed by atoms with E-state index in [1.165, 1.54) is 45.3 Å². The number of nitrogens with zero attached hydrogens (tertiary/aromatic N) is 1. The number of nitrogens with one attached hydrogen (secondary N) is 1. The highest BCUT2D eigenvalue weighted by atomic mass is 15.2. The molecule has 106 valence electrons. The van der Waals surface area contributed by atoms with Crippen molar-refractivity contribution in [3.63, 3.8) is 0 Å². The second-order valence-corrected chi connectivity index (χ2v) is 7.11. The van der Waals surface area contributed by atoms with Crippen LogP contribution in [0, 0.1) is 17.8 Å². The van der Waals surface area contributed by atoms with E-state index in [0.29, 0.717) is 0 Å². The standard InChI is InChI=1S/C16H32N2/c1-5-13(4)10-18-11-15(8-12(2)3)17-9-16(18)14-6-7-14/h12-17H,5-11H2,1-4H3. The molecule has 1 N–H and O–H groups in total. The molecule has 2 aliphatic rings. The van der Waals surface area contributed by atoms with E-state index in [2.05, 4.69) is 37.9 Å². The molecule has 0 amide bonds. The first-order valence-electron chi connectivity index (χ1n) is 8.07. The van der Waals surface area contributed by atoms with E-state index in [9.17, 15) is 0 Å². The first-order valence-corrected chi connectivity index (χ1v) is 8.07. The Kier molecular flexibility index (Phi) is 5.08. The van der Waals surface area contributed by atoms with Crippen molar-refractivity contribution < 1.29 is 0 Å². The van der Waals surface area contributed by atoms with Gasteiger partial charge >= 0.3 is 0 Å². The predicted octanol–water partition coefficient (Wildman–Crippen LogP) is 3.13. The van der Waals surface area contributed by atoms with E-state index in [-0.39, 0.29) is 0 Å². The maximum atomic E-state index is 3.80. The summed E-state index contributed by atoms with van der Waals surface area (Å²) in [5, 5.41) is 3.80. The predicted molar refractivity (Wildman–Crippen MR) is 78.8 cm³/mol. The fourth-order valence-electron chi connectivity index (χ4n) is 3.31. The monoisotopic (exact) mass is 252 g/mol. The summed E-state index contributed by atoms with van der Waals surface area (Å²) in [7, 11) is 0. The molecule has 3 atom stereocenters. The molecule has 1 saturated heterocycles. The third kappa shape index (κ3) is 3.96. The second-order valence-electron chi connectivity index (χ2n) is 7.11. The van der Waals surface area contributed by atoms with Crippen molar-refractivity contribution in [1.82, 2.24) is 10.2 Å². The number of rotatable bonds is 6. The van der Waals surface area contributed by atoms with E-state index in [1.807, 2.05) is 0 Å². The Morgan fingerprint density at radius 1 is 1.22 bits per heavy atom. The molecule has 0 spiro atoms. The summed E-state index contributed by atoms with van der Waals surface area (Å²) in [6.45, 7) is 13.2. The van der Waals surface area contributed by atoms with Gasteiger partial charge in [-0.15, -0.1) is 0 Å². The second kappa shape index (κ2) is 6.38. The number of hydrogen-bond donors (Lipinski definition) is 1. The lowest BCUT2D eigenvalue weighted by Crippen LogP contribution is -2.58. The van der Waals surface area contributed by atoms with Crippen LogP contribution in [0.15, 0.2) is 0 Å². The van der Waals surface area contributed by atoms with E-state index in [0.717, 1.165) is 29.8 Å². The summed E-state index contributed by atoms with van der Waals surface area (Å²) in [5.74, 6) is 2.66. The molecule has 2 rings (SSSR count). The summed E-state index contributed by atoms with van der Waals surface area (Å²) < 4.78 is 0. The van der Waals surface area contributed by atoms with Gasteiger partial charge in [0.15, 0.2) is 0 Å². The zero-order valence-corrected chi connectivity index (χ0v) is 12.8. The minimum Gasteiger partial charge on any atom is -0.311 e. The quantitative estimate of drug-likeness (QED) is 0.781. The van der Waals surface area contributed by atoms with Gasteiger partial charge < -0.3 is 5.32 Å². The van der Waals surface area contributed by atoms with E-state index >= 15 is 0 Å². The summed E-state index contributed by atoms with van der Waals surface area (Å²) in [5.41, 5.74) is 0. The van der Waals surface area contributed by atoms with Crippen LogP contribution in [0.2, 0.25) is 0 Å². The number of hydrogen-bond acceptors (Lipinski definition) is 2. The third-order valence-electron chi connectivity index (χ3n) is 4.70. The van der Waals surface area contributed by atoms with Gasteiger partial charge in [0, 0.05) is 31.7 Å². The van der Waals surface area contributed by atoms with Gasteiger partial charge in [0.2, 0.25) is 0 Å². The molecule has 2 fully saturated rings. The van der Waals surface area contributed by atoms with Gasteiger partial charge in [0.1, 0.15) is 0 Å². The molecule has 2 nitrogen and oxygen atoms in total. The molecule has 0 bridgehead atoms. The smallest absolute Gasteiger partial charge is 0.0249 e. The highest BCUT2D eigenvalue weighted by Gasteiger charge is 2.38. The van der Waals surface area contributed by atoms with Crippen LogP contribution in [0.3, 0.4) is 0 Å². The van der Waals surface area contributed by atoms with Gasteiger partial charge in [0.05, 0.1) is 0 Å². The Hall–Kier alpha value is -0.0800. The van der Waals surface area contributed by atoms with Gasteiger partial charge in [-0.1, -0.05) is 34.1 Å². The molecule has 1 heterocycles. The van der Waals surface area contributed by atoms with Crippen LogP contribution in [0.5, 0.6) is 0 Å². The molecule has 0 aromatic heterocycles. The molecule has 0 aromatic rings. The average Bonchev–Trinajstić information content (AvgIpc) is 3.12. The van der Waals surface area contributed by atoms with E-state index in [4.69, 9.17) is 0 Å². The normalized spacial score (nSPS) is 31.8. The molecular weight excluding hydrogens is 220 g/mol. The minimum absolute atomic E-state index is 0.726. The first kappa shape index (κ1) is 14.3. The van der Waals surface area contributed by atoms with Crippen LogP contribution in [-0.4, -0.2) is 36.6 Å². The maximum absolute atomic E-state index is 3.80. The lowest BCUT2D eigenvalue weighted by atomic mass is 9.96. The van der Waals surface area contributed by atoms with Crippen LogP contribution in [-0.2, 0) is 0 Å². The fraction of sp³-hybridized carbons (Fsp3) is 1.00. The molecule has 3 unspecified atom stereocenters. The molecule has 1 saturated carbocycles. The Balaban J connectivity index is 1.89. The lowest BCUT2D eigenvalue weighted by molar-refractivity contribution is 0.0918. The van der Waals surface area contributed by atoms with Crippen molar-refractivity contribution in [1.29, 1.82) is 0 Å². The summed E-state index contributed by atoms with van der Waals surface area (Å²) in [6, 6.07) is 1.56. The van der Waals surface area contributed by atoms with Crippen molar-refractivity contribution in [3.8, 4) is 0 Å². The third-order valence-corrected chi connectivity index (χ3v) is 4.70. The maximum Gasteiger partial charge on any atom is 0.0249 e. The fourth-order valence-corrected chi connectivity index (χ4v) is 3.31. The van der Waals surface area contributed by atoms with Gasteiger partial charge in [0.25, 0.3) is 0 Å². The molecule has 18 heavy (non-hydrogen) atoms. The molecule has 1 aliphatic heterocycles. The van der Waals surface area contributed by atoms with Gasteiger partial charge in [-0.2, -0.15) is 0 Å². The van der Waals surface area contributed by atoms with Gasteiger partial charge in [-0.3, -0.25) is 4.90 Å². The summed E-state index contributed by atoms with van der Waals surface area (Å²) >= 11 is 0. The summed E-state index contributed by atoms with van der Waals surface area (Å²) in [4.78, 5) is 2.81. The Morgan fingerprint density at radius 2 is 1.94 bits per heavy atom. The highest BCUT2D eigenvalue weighted by molar-refractivity contribution is 4.95. The minimum atomic E-state index is 0.726. The Bertz CT molecular complexity index is 247. The van der Waals surface area contributed by atoms with E-state index < -0.39 is 0 Å². The topological polar surface area (TPSA) is 15.3 Å². The molecule has 0 radical (unpaired) electrons. The molecule has 0 aromatic carbocycles. The van der Waals surface area contributed by atoms with Crippen molar-refractivity contribution >= 4 is 0 Å². The van der Waals surface area contributed by atoms with Crippen molar-refractivity contribution in [3.05, 3.63) is 0 Å². The molecule has 1 aliphatic carbocycles. The van der Waals surface area contributed by atoms with Crippen LogP contribution in [0.1, 0.15) is 53.4 Å². The van der Waals surface area contributed by atoms with Crippen LogP contribution in [0.4, 0.5) is 0 Å². The lowest BCUT2D eigenvalue weighted by Gasteiger charge is -2.42. The largest absolute Gasteiger partial charge is 0.311 e. The first-order chi connectivity index (χ1) is 8.60. The average molecular weight is 252 g/mol. The van der Waals surface area contributed by atoms with Crippen molar-refractivity contribution in [2.24, 2.45) is 17.8 Å². The summed E-state index contributed by atoms with van der Waals surface area (Å²) in [6.07, 6.45) is 5.58. The molecule has 2 heteroatoms. The van der Waals surface area contributed by atoms with Crippen molar-refractivity contribution in [2.75, 3.05) is 19.6 Å². The van der Waals surface area contributed by atoms with Gasteiger partial charge in [-0.25, -0.2) is 0 Å². The van der Waals surface area contributed by atoms with Crippen molar-refractivity contribution in [2.45, 2.75) is 65.5 Å². The van der Waals surface area contributed by atoms with E-state index in [1.54, 1.807) is 0 Å². The highest BCUT2D eigenvalue weighted by Crippen LogP contribution is 2.36. The Labute approximate surface area is 114 Å².